The fourth-order valence-corrected chi connectivity index (χ4v) is 3.32. The summed E-state index contributed by atoms with van der Waals surface area (Å²) in [7, 11) is 1.40. The molecule has 0 bridgehead atoms. The molecule has 1 atom stereocenters. The summed E-state index contributed by atoms with van der Waals surface area (Å²) in [6, 6.07) is 1.89. The van der Waals surface area contributed by atoms with Crippen LogP contribution in [0, 0.1) is 5.41 Å². The predicted molar refractivity (Wildman–Crippen MR) is 79.2 cm³/mol. The van der Waals surface area contributed by atoms with Crippen molar-refractivity contribution < 1.29 is 9.53 Å². The van der Waals surface area contributed by atoms with E-state index in [4.69, 9.17) is 4.74 Å². The molecule has 2 fully saturated rings. The number of H-pyrrole nitrogens is 1. The van der Waals surface area contributed by atoms with Gasteiger partial charge in [0, 0.05) is 25.8 Å². The van der Waals surface area contributed by atoms with Gasteiger partial charge in [-0.25, -0.2) is 4.79 Å². The van der Waals surface area contributed by atoms with Gasteiger partial charge in [0.2, 0.25) is 0 Å². The number of carbonyl (C=O) groups excluding carboxylic acids is 1. The molecule has 0 radical (unpaired) electrons. The number of carbonyl (C=O) groups is 1. The van der Waals surface area contributed by atoms with Crippen molar-refractivity contribution >= 4 is 18.4 Å². The topological polar surface area (TPSA) is 57.4 Å². The Hall–Kier alpha value is -1.04. The average Bonchev–Trinajstić information content (AvgIpc) is 3.13. The molecule has 1 spiro atoms. The number of hydrogen-bond acceptors (Lipinski definition) is 4. The van der Waals surface area contributed by atoms with Crippen molar-refractivity contribution in [3.8, 4) is 0 Å². The van der Waals surface area contributed by atoms with E-state index in [0.29, 0.717) is 11.1 Å². The SMILES string of the molecule is COC(=O)c1cc(CN2CCC3(CCNC3)C2)c[nH]1.Cl. The van der Waals surface area contributed by atoms with E-state index in [1.165, 1.54) is 26.5 Å². The first-order valence-electron chi connectivity index (χ1n) is 6.89. The number of esters is 1. The quantitative estimate of drug-likeness (QED) is 0.829. The van der Waals surface area contributed by atoms with Gasteiger partial charge in [0.25, 0.3) is 0 Å². The van der Waals surface area contributed by atoms with Gasteiger partial charge in [-0.1, -0.05) is 0 Å². The van der Waals surface area contributed by atoms with Crippen molar-refractivity contribution in [2.45, 2.75) is 19.4 Å². The van der Waals surface area contributed by atoms with Crippen molar-refractivity contribution in [3.63, 3.8) is 0 Å². The first-order chi connectivity index (χ1) is 9.21. The van der Waals surface area contributed by atoms with Gasteiger partial charge in [0.05, 0.1) is 7.11 Å². The number of methoxy groups -OCH3 is 1. The summed E-state index contributed by atoms with van der Waals surface area (Å²) in [4.78, 5) is 16.9. The number of hydrogen-bond donors (Lipinski definition) is 2. The molecule has 0 aromatic carbocycles. The minimum absolute atomic E-state index is 0. The van der Waals surface area contributed by atoms with E-state index in [1.807, 2.05) is 12.3 Å². The van der Waals surface area contributed by atoms with Crippen molar-refractivity contribution in [3.05, 3.63) is 23.5 Å². The Kier molecular flexibility index (Phi) is 4.73. The Labute approximate surface area is 125 Å². The zero-order chi connectivity index (χ0) is 13.3. The van der Waals surface area contributed by atoms with Crippen LogP contribution in [0.1, 0.15) is 28.9 Å². The second-order valence-corrected chi connectivity index (χ2v) is 5.80. The molecular weight excluding hydrogens is 278 g/mol. The van der Waals surface area contributed by atoms with Gasteiger partial charge in [0.1, 0.15) is 5.69 Å². The van der Waals surface area contributed by atoms with E-state index < -0.39 is 0 Å². The fourth-order valence-electron chi connectivity index (χ4n) is 3.32. The molecule has 112 valence electrons. The summed E-state index contributed by atoms with van der Waals surface area (Å²) in [5, 5.41) is 3.47. The van der Waals surface area contributed by atoms with E-state index in [0.717, 1.165) is 31.7 Å². The zero-order valence-corrected chi connectivity index (χ0v) is 12.6. The Bertz CT molecular complexity index is 469. The maximum atomic E-state index is 11.4. The number of aromatic nitrogens is 1. The molecule has 20 heavy (non-hydrogen) atoms. The molecular formula is C14H22ClN3O2. The van der Waals surface area contributed by atoms with E-state index in [2.05, 4.69) is 15.2 Å². The highest BCUT2D eigenvalue weighted by Gasteiger charge is 2.40. The third-order valence-corrected chi connectivity index (χ3v) is 4.40. The van der Waals surface area contributed by atoms with Gasteiger partial charge in [-0.2, -0.15) is 0 Å². The largest absolute Gasteiger partial charge is 0.464 e. The van der Waals surface area contributed by atoms with Crippen LogP contribution < -0.4 is 5.32 Å². The second kappa shape index (κ2) is 6.16. The summed E-state index contributed by atoms with van der Waals surface area (Å²) >= 11 is 0. The monoisotopic (exact) mass is 299 g/mol. The summed E-state index contributed by atoms with van der Waals surface area (Å²) in [5.74, 6) is -0.302. The minimum Gasteiger partial charge on any atom is -0.464 e. The van der Waals surface area contributed by atoms with E-state index in [-0.39, 0.29) is 18.4 Å². The lowest BCUT2D eigenvalue weighted by molar-refractivity contribution is 0.0595. The molecule has 2 saturated heterocycles. The minimum atomic E-state index is -0.302. The number of nitrogens with zero attached hydrogens (tertiary/aromatic N) is 1. The predicted octanol–water partition coefficient (Wildman–Crippen LogP) is 1.41. The third-order valence-electron chi connectivity index (χ3n) is 4.40. The molecule has 2 aliphatic heterocycles. The maximum absolute atomic E-state index is 11.4. The first-order valence-corrected chi connectivity index (χ1v) is 6.89. The smallest absolute Gasteiger partial charge is 0.354 e. The molecule has 3 heterocycles. The van der Waals surface area contributed by atoms with E-state index in [9.17, 15) is 4.79 Å². The average molecular weight is 300 g/mol. The van der Waals surface area contributed by atoms with Crippen LogP contribution in [-0.4, -0.2) is 49.1 Å². The van der Waals surface area contributed by atoms with Crippen molar-refractivity contribution in [2.24, 2.45) is 5.41 Å². The van der Waals surface area contributed by atoms with Gasteiger partial charge in [-0.15, -0.1) is 12.4 Å². The molecule has 0 saturated carbocycles. The van der Waals surface area contributed by atoms with Gasteiger partial charge in [-0.3, -0.25) is 4.90 Å². The van der Waals surface area contributed by atoms with Crippen LogP contribution in [0.3, 0.4) is 0 Å². The lowest BCUT2D eigenvalue weighted by Gasteiger charge is -2.22. The molecule has 6 heteroatoms. The maximum Gasteiger partial charge on any atom is 0.354 e. The first kappa shape index (κ1) is 15.4. The number of nitrogens with one attached hydrogen (secondary N) is 2. The molecule has 0 aliphatic carbocycles. The highest BCUT2D eigenvalue weighted by Crippen LogP contribution is 2.36. The van der Waals surface area contributed by atoms with Gasteiger partial charge in [0.15, 0.2) is 0 Å². The summed E-state index contributed by atoms with van der Waals surface area (Å²) in [6.45, 7) is 5.54. The normalized spacial score (nSPS) is 25.9. The molecule has 2 N–H and O–H groups in total. The second-order valence-electron chi connectivity index (χ2n) is 5.80. The highest BCUT2D eigenvalue weighted by atomic mass is 35.5. The number of likely N-dealkylation sites (tertiary alicyclic amines) is 1. The number of ether oxygens (including phenoxy) is 1. The van der Waals surface area contributed by atoms with Crippen LogP contribution in [0.4, 0.5) is 0 Å². The van der Waals surface area contributed by atoms with Crippen molar-refractivity contribution in [1.82, 2.24) is 15.2 Å². The Morgan fingerprint density at radius 1 is 1.50 bits per heavy atom. The Morgan fingerprint density at radius 3 is 3.05 bits per heavy atom. The van der Waals surface area contributed by atoms with Crippen molar-refractivity contribution in [2.75, 3.05) is 33.3 Å². The van der Waals surface area contributed by atoms with Gasteiger partial charge >= 0.3 is 5.97 Å². The van der Waals surface area contributed by atoms with Crippen LogP contribution in [0.15, 0.2) is 12.3 Å². The van der Waals surface area contributed by atoms with Gasteiger partial charge in [-0.05, 0) is 43.0 Å². The lowest BCUT2D eigenvalue weighted by Crippen LogP contribution is -2.28. The number of halogens is 1. The summed E-state index contributed by atoms with van der Waals surface area (Å²) in [5.41, 5.74) is 2.19. The van der Waals surface area contributed by atoms with Gasteiger partial charge < -0.3 is 15.0 Å². The molecule has 1 aromatic heterocycles. The van der Waals surface area contributed by atoms with Crippen LogP contribution >= 0.6 is 12.4 Å². The Morgan fingerprint density at radius 2 is 2.35 bits per heavy atom. The van der Waals surface area contributed by atoms with E-state index >= 15 is 0 Å². The van der Waals surface area contributed by atoms with Crippen LogP contribution in [0.5, 0.6) is 0 Å². The van der Waals surface area contributed by atoms with Crippen LogP contribution in [0.2, 0.25) is 0 Å². The van der Waals surface area contributed by atoms with Crippen LogP contribution in [-0.2, 0) is 11.3 Å². The number of rotatable bonds is 3. The third kappa shape index (κ3) is 3.00. The fraction of sp³-hybridized carbons (Fsp3) is 0.643. The number of aromatic amines is 1. The molecule has 1 aromatic rings. The molecule has 2 aliphatic rings. The zero-order valence-electron chi connectivity index (χ0n) is 11.8. The summed E-state index contributed by atoms with van der Waals surface area (Å²) < 4.78 is 4.70. The Balaban J connectivity index is 0.00000147. The standard InChI is InChI=1S/C14H21N3O2.ClH/c1-19-13(18)12-6-11(7-16-12)8-17-5-3-14(10-17)2-4-15-9-14;/h6-7,15-16H,2-5,8-10H2,1H3;1H. The molecule has 5 nitrogen and oxygen atoms in total. The van der Waals surface area contributed by atoms with Crippen LogP contribution in [0.25, 0.3) is 0 Å². The van der Waals surface area contributed by atoms with E-state index in [1.54, 1.807) is 0 Å². The lowest BCUT2D eigenvalue weighted by atomic mass is 9.87. The molecule has 3 rings (SSSR count). The molecule has 0 amide bonds. The molecule has 1 unspecified atom stereocenters. The summed E-state index contributed by atoms with van der Waals surface area (Å²) in [6.07, 6.45) is 4.49. The highest BCUT2D eigenvalue weighted by molar-refractivity contribution is 5.87. The van der Waals surface area contributed by atoms with Crippen molar-refractivity contribution in [1.29, 1.82) is 0 Å².